The molecule has 0 aromatic heterocycles. The van der Waals surface area contributed by atoms with E-state index in [1.54, 1.807) is 84.9 Å². The fourth-order valence-electron chi connectivity index (χ4n) is 5.13. The molecule has 0 bridgehead atoms. The molecule has 1 saturated heterocycles. The first-order valence-corrected chi connectivity index (χ1v) is 19.5. The van der Waals surface area contributed by atoms with E-state index in [2.05, 4.69) is 31.9 Å². The van der Waals surface area contributed by atoms with Crippen molar-refractivity contribution >= 4 is 61.7 Å². The van der Waals surface area contributed by atoms with E-state index >= 15 is 0 Å². The number of rotatable bonds is 10. The van der Waals surface area contributed by atoms with Crippen LogP contribution in [0.1, 0.15) is 11.1 Å². The number of hydrogen-bond donors (Lipinski definition) is 0. The standard InChI is InChI=1S/C30H28Br2N2O6S3/c31-25-11-15-27(16-12-25)42(37,38)33(19-23-7-3-1-4-8-23)29-21-41(35,36)22-30(29)34(20-24-9-5-2-6-10-24)43(39,40)28-17-13-26(32)14-18-28/h1-18,29-30H,19-22H2/t29-,30+. The maximum absolute atomic E-state index is 14.3. The van der Waals surface area contributed by atoms with Gasteiger partial charge in [0.05, 0.1) is 33.4 Å². The maximum atomic E-state index is 14.3. The van der Waals surface area contributed by atoms with Crippen LogP contribution in [0, 0.1) is 0 Å². The van der Waals surface area contributed by atoms with Gasteiger partial charge in [-0.25, -0.2) is 25.3 Å². The molecule has 1 fully saturated rings. The van der Waals surface area contributed by atoms with Gasteiger partial charge in [0, 0.05) is 22.0 Å². The van der Waals surface area contributed by atoms with E-state index in [0.29, 0.717) is 20.1 Å². The summed E-state index contributed by atoms with van der Waals surface area (Å²) in [7, 11) is -12.4. The van der Waals surface area contributed by atoms with Crippen LogP contribution in [-0.2, 0) is 43.0 Å². The molecule has 1 aliphatic rings. The third kappa shape index (κ3) is 7.30. The van der Waals surface area contributed by atoms with Gasteiger partial charge >= 0.3 is 0 Å². The zero-order valence-corrected chi connectivity index (χ0v) is 28.3. The second-order valence-electron chi connectivity index (χ2n) is 10.2. The lowest BCUT2D eigenvalue weighted by Gasteiger charge is -2.36. The molecule has 0 aliphatic carbocycles. The fourth-order valence-corrected chi connectivity index (χ4v) is 11.1. The monoisotopic (exact) mass is 766 g/mol. The van der Waals surface area contributed by atoms with Crippen molar-refractivity contribution in [2.45, 2.75) is 35.0 Å². The highest BCUT2D eigenvalue weighted by Gasteiger charge is 2.50. The van der Waals surface area contributed by atoms with Gasteiger partial charge in [-0.3, -0.25) is 0 Å². The van der Waals surface area contributed by atoms with Crippen LogP contribution < -0.4 is 0 Å². The highest BCUT2D eigenvalue weighted by atomic mass is 79.9. The van der Waals surface area contributed by atoms with E-state index < -0.39 is 53.5 Å². The van der Waals surface area contributed by atoms with Gasteiger partial charge in [-0.2, -0.15) is 8.61 Å². The molecule has 1 aliphatic heterocycles. The summed E-state index contributed by atoms with van der Waals surface area (Å²) in [5.41, 5.74) is 1.27. The molecule has 0 N–H and O–H groups in total. The van der Waals surface area contributed by atoms with Gasteiger partial charge in [0.2, 0.25) is 20.0 Å². The Morgan fingerprint density at radius 1 is 0.558 bits per heavy atom. The Hall–Kier alpha value is -2.39. The van der Waals surface area contributed by atoms with Crippen molar-refractivity contribution in [1.29, 1.82) is 0 Å². The van der Waals surface area contributed by atoms with Crippen LogP contribution in [0.15, 0.2) is 128 Å². The summed E-state index contributed by atoms with van der Waals surface area (Å²) in [5.74, 6) is -1.05. The molecule has 0 spiro atoms. The lowest BCUT2D eigenvalue weighted by Crippen LogP contribution is -2.54. The van der Waals surface area contributed by atoms with Crippen LogP contribution in [-0.4, -0.2) is 57.5 Å². The topological polar surface area (TPSA) is 109 Å². The highest BCUT2D eigenvalue weighted by molar-refractivity contribution is 9.10. The SMILES string of the molecule is O=S1(=O)C[C@@H](N(Cc2ccccc2)S(=O)(=O)c2ccc(Br)cc2)[C@@H](N(Cc2ccccc2)S(=O)(=O)c2ccc(Br)cc2)C1. The molecule has 8 nitrogen and oxygen atoms in total. The first kappa shape index (κ1) is 32.0. The van der Waals surface area contributed by atoms with Gasteiger partial charge in [-0.15, -0.1) is 0 Å². The minimum Gasteiger partial charge on any atom is -0.229 e. The third-order valence-electron chi connectivity index (χ3n) is 7.24. The van der Waals surface area contributed by atoms with Gasteiger partial charge in [0.15, 0.2) is 9.84 Å². The van der Waals surface area contributed by atoms with Crippen molar-refractivity contribution in [3.8, 4) is 0 Å². The predicted molar refractivity (Wildman–Crippen MR) is 173 cm³/mol. The summed E-state index contributed by atoms with van der Waals surface area (Å²) in [4.78, 5) is -0.0555. The first-order valence-electron chi connectivity index (χ1n) is 13.2. The van der Waals surface area contributed by atoms with E-state index in [1.807, 2.05) is 0 Å². The average Bonchev–Trinajstić information content (AvgIpc) is 3.30. The molecule has 4 aromatic carbocycles. The molecule has 0 radical (unpaired) electrons. The van der Waals surface area contributed by atoms with Crippen LogP contribution in [0.25, 0.3) is 0 Å². The number of sulfonamides is 2. The van der Waals surface area contributed by atoms with Crippen molar-refractivity contribution in [2.24, 2.45) is 0 Å². The van der Waals surface area contributed by atoms with Crippen LogP contribution in [0.2, 0.25) is 0 Å². The van der Waals surface area contributed by atoms with Crippen molar-refractivity contribution < 1.29 is 25.3 Å². The minimum atomic E-state index is -4.28. The van der Waals surface area contributed by atoms with E-state index in [9.17, 15) is 25.3 Å². The fraction of sp³-hybridized carbons (Fsp3) is 0.200. The molecular weight excluding hydrogens is 740 g/mol. The number of benzene rings is 4. The van der Waals surface area contributed by atoms with E-state index in [1.165, 1.54) is 24.3 Å². The van der Waals surface area contributed by atoms with Crippen molar-refractivity contribution in [3.05, 3.63) is 129 Å². The lowest BCUT2D eigenvalue weighted by atomic mass is 10.1. The number of hydrogen-bond acceptors (Lipinski definition) is 6. The molecule has 0 unspecified atom stereocenters. The van der Waals surface area contributed by atoms with E-state index in [-0.39, 0.29) is 22.9 Å². The summed E-state index contributed by atoms with van der Waals surface area (Å²) in [5, 5.41) is 0. The Morgan fingerprint density at radius 3 is 1.21 bits per heavy atom. The first-order chi connectivity index (χ1) is 20.4. The summed E-state index contributed by atoms with van der Waals surface area (Å²) < 4.78 is 87.4. The van der Waals surface area contributed by atoms with Crippen molar-refractivity contribution in [2.75, 3.05) is 11.5 Å². The quantitative estimate of drug-likeness (QED) is 0.212. The zero-order chi connectivity index (χ0) is 30.8. The molecule has 1 heterocycles. The van der Waals surface area contributed by atoms with Gasteiger partial charge in [0.25, 0.3) is 0 Å². The Kier molecular flexibility index (Phi) is 9.62. The number of nitrogens with zero attached hydrogens (tertiary/aromatic N) is 2. The zero-order valence-electron chi connectivity index (χ0n) is 22.7. The Bertz CT molecular complexity index is 1760. The Balaban J connectivity index is 1.67. The van der Waals surface area contributed by atoms with Gasteiger partial charge in [-0.05, 0) is 59.7 Å². The Labute approximate surface area is 269 Å². The molecule has 5 rings (SSSR count). The summed E-state index contributed by atoms with van der Waals surface area (Å²) in [6.07, 6.45) is 0. The van der Waals surface area contributed by atoms with E-state index in [4.69, 9.17) is 0 Å². The largest absolute Gasteiger partial charge is 0.243 e. The Morgan fingerprint density at radius 2 is 0.884 bits per heavy atom. The molecule has 226 valence electrons. The van der Waals surface area contributed by atoms with Crippen molar-refractivity contribution in [1.82, 2.24) is 8.61 Å². The highest BCUT2D eigenvalue weighted by Crippen LogP contribution is 2.34. The van der Waals surface area contributed by atoms with Crippen molar-refractivity contribution in [3.63, 3.8) is 0 Å². The molecule has 2 atom stereocenters. The van der Waals surface area contributed by atoms with Crippen LogP contribution >= 0.6 is 31.9 Å². The maximum Gasteiger partial charge on any atom is 0.243 e. The predicted octanol–water partition coefficient (Wildman–Crippen LogP) is 5.46. The van der Waals surface area contributed by atoms with E-state index in [0.717, 1.165) is 8.61 Å². The number of halogens is 2. The third-order valence-corrected chi connectivity index (χ3v) is 13.8. The molecule has 4 aromatic rings. The van der Waals surface area contributed by atoms with Crippen LogP contribution in [0.3, 0.4) is 0 Å². The minimum absolute atomic E-state index is 0.0277. The molecular formula is C30H28Br2N2O6S3. The second kappa shape index (κ2) is 12.9. The van der Waals surface area contributed by atoms with Gasteiger partial charge in [0.1, 0.15) is 0 Å². The molecule has 0 amide bonds. The normalized spacial score (nSPS) is 18.7. The van der Waals surface area contributed by atoms with Crippen LogP contribution in [0.5, 0.6) is 0 Å². The second-order valence-corrected chi connectivity index (χ2v) is 18.0. The van der Waals surface area contributed by atoms with Gasteiger partial charge in [-0.1, -0.05) is 92.5 Å². The summed E-state index contributed by atoms with van der Waals surface area (Å²) in [6.45, 7) is -0.291. The molecule has 43 heavy (non-hydrogen) atoms. The smallest absolute Gasteiger partial charge is 0.229 e. The number of sulfone groups is 1. The summed E-state index contributed by atoms with van der Waals surface area (Å²) in [6, 6.07) is 27.4. The van der Waals surface area contributed by atoms with Gasteiger partial charge < -0.3 is 0 Å². The molecule has 13 heteroatoms. The molecule has 0 saturated carbocycles. The van der Waals surface area contributed by atoms with Crippen LogP contribution in [0.4, 0.5) is 0 Å². The average molecular weight is 769 g/mol. The lowest BCUT2D eigenvalue weighted by molar-refractivity contribution is 0.219. The summed E-state index contributed by atoms with van der Waals surface area (Å²) >= 11 is 6.66.